The molecule has 0 saturated carbocycles. The maximum Gasteiger partial charge on any atom is 0.410 e. The molecular formula is C28H25F4N5O3. The Bertz CT molecular complexity index is 1840. The van der Waals surface area contributed by atoms with Crippen molar-refractivity contribution in [2.24, 2.45) is 0 Å². The van der Waals surface area contributed by atoms with E-state index in [0.29, 0.717) is 5.39 Å². The van der Waals surface area contributed by atoms with Crippen molar-refractivity contribution in [2.75, 3.05) is 13.6 Å². The van der Waals surface area contributed by atoms with Gasteiger partial charge >= 0.3 is 11.8 Å². The SMILES string of the molecule is CN(CCCn1c(=O)n2c3cc(F)c(F)cc3nc2c2cncc(-c3cc(F)cc(F)c3)c21)C(=O)OC(C)(C)C. The number of imidazole rings is 1. The molecule has 0 saturated heterocycles. The van der Waals surface area contributed by atoms with Crippen molar-refractivity contribution < 1.29 is 27.1 Å². The number of hydrogen-bond donors (Lipinski definition) is 0. The van der Waals surface area contributed by atoms with Crippen LogP contribution in [0.5, 0.6) is 0 Å². The van der Waals surface area contributed by atoms with Crippen molar-refractivity contribution in [1.82, 2.24) is 23.8 Å². The highest BCUT2D eigenvalue weighted by Crippen LogP contribution is 2.31. The van der Waals surface area contributed by atoms with Crippen LogP contribution in [0.1, 0.15) is 27.2 Å². The summed E-state index contributed by atoms with van der Waals surface area (Å²) >= 11 is 0. The third-order valence-corrected chi connectivity index (χ3v) is 6.30. The topological polar surface area (TPSA) is 81.7 Å². The number of amides is 1. The quantitative estimate of drug-likeness (QED) is 0.261. The highest BCUT2D eigenvalue weighted by atomic mass is 19.2. The number of halogens is 4. The molecule has 0 aliphatic rings. The highest BCUT2D eigenvalue weighted by molar-refractivity contribution is 6.02. The number of ether oxygens (including phenoxy) is 1. The van der Waals surface area contributed by atoms with Gasteiger partial charge in [0.1, 0.15) is 17.2 Å². The summed E-state index contributed by atoms with van der Waals surface area (Å²) in [5.74, 6) is -3.92. The van der Waals surface area contributed by atoms with Gasteiger partial charge in [0.05, 0.1) is 21.9 Å². The van der Waals surface area contributed by atoms with Crippen LogP contribution in [0, 0.1) is 23.3 Å². The lowest BCUT2D eigenvalue weighted by molar-refractivity contribution is 0.0295. The van der Waals surface area contributed by atoms with Crippen molar-refractivity contribution in [3.63, 3.8) is 0 Å². The Morgan fingerprint density at radius 3 is 2.35 bits per heavy atom. The maximum absolute atomic E-state index is 14.2. The Kier molecular flexibility index (Phi) is 6.72. The number of nitrogens with zero attached hydrogens (tertiary/aromatic N) is 5. The first-order valence-corrected chi connectivity index (χ1v) is 12.4. The molecule has 0 N–H and O–H groups in total. The summed E-state index contributed by atoms with van der Waals surface area (Å²) in [5.41, 5.74) is -0.512. The summed E-state index contributed by atoms with van der Waals surface area (Å²) in [6.45, 7) is 5.49. The van der Waals surface area contributed by atoms with Gasteiger partial charge in [-0.1, -0.05) is 0 Å². The highest BCUT2D eigenvalue weighted by Gasteiger charge is 2.22. The Morgan fingerprint density at radius 2 is 1.68 bits per heavy atom. The van der Waals surface area contributed by atoms with Crippen LogP contribution in [-0.4, -0.2) is 49.1 Å². The van der Waals surface area contributed by atoms with E-state index in [1.165, 1.54) is 21.9 Å². The molecule has 0 aliphatic heterocycles. The minimum Gasteiger partial charge on any atom is -0.444 e. The van der Waals surface area contributed by atoms with Crippen LogP contribution in [-0.2, 0) is 11.3 Å². The second-order valence-corrected chi connectivity index (χ2v) is 10.5. The lowest BCUT2D eigenvalue weighted by atomic mass is 10.0. The summed E-state index contributed by atoms with van der Waals surface area (Å²) < 4.78 is 64.4. The predicted molar refractivity (Wildman–Crippen MR) is 141 cm³/mol. The summed E-state index contributed by atoms with van der Waals surface area (Å²) in [6.07, 6.45) is 2.53. The van der Waals surface area contributed by atoms with Gasteiger partial charge in [-0.25, -0.2) is 36.5 Å². The van der Waals surface area contributed by atoms with E-state index in [4.69, 9.17) is 4.74 Å². The van der Waals surface area contributed by atoms with Gasteiger partial charge < -0.3 is 9.64 Å². The van der Waals surface area contributed by atoms with Gasteiger partial charge in [0.25, 0.3) is 0 Å². The first-order chi connectivity index (χ1) is 18.8. The molecule has 3 heterocycles. The van der Waals surface area contributed by atoms with Gasteiger partial charge in [-0.3, -0.25) is 9.55 Å². The standard InChI is InChI=1S/C28H25F4N5O3/c1-28(2,3)40-27(39)35(4)6-5-7-36-24-18(15-8-16(29)10-17(30)9-15)13-33-14-19(24)25-34-22-11-20(31)21(32)12-23(22)37(25)26(36)38/h8-14H,5-7H2,1-4H3. The van der Waals surface area contributed by atoms with Crippen LogP contribution < -0.4 is 5.69 Å². The smallest absolute Gasteiger partial charge is 0.410 e. The number of fused-ring (bicyclic) bond motifs is 5. The third-order valence-electron chi connectivity index (χ3n) is 6.30. The molecule has 40 heavy (non-hydrogen) atoms. The van der Waals surface area contributed by atoms with Gasteiger partial charge in [0.2, 0.25) is 0 Å². The molecule has 208 valence electrons. The molecule has 12 heteroatoms. The largest absolute Gasteiger partial charge is 0.444 e. The van der Waals surface area contributed by atoms with Crippen molar-refractivity contribution in [3.05, 3.63) is 76.5 Å². The molecule has 0 bridgehead atoms. The number of pyridine rings is 1. The Balaban J connectivity index is 1.70. The second-order valence-electron chi connectivity index (χ2n) is 10.5. The van der Waals surface area contributed by atoms with E-state index in [9.17, 15) is 27.2 Å². The summed E-state index contributed by atoms with van der Waals surface area (Å²) in [6, 6.07) is 4.73. The van der Waals surface area contributed by atoms with Crippen LogP contribution in [0.15, 0.2) is 47.5 Å². The average Bonchev–Trinajstić information content (AvgIpc) is 3.22. The fourth-order valence-electron chi connectivity index (χ4n) is 4.60. The number of benzene rings is 2. The second kappa shape index (κ2) is 9.92. The van der Waals surface area contributed by atoms with Crippen LogP contribution in [0.3, 0.4) is 0 Å². The fraction of sp³-hybridized carbons (Fsp3) is 0.286. The zero-order chi connectivity index (χ0) is 28.9. The molecule has 5 rings (SSSR count). The molecule has 0 fully saturated rings. The van der Waals surface area contributed by atoms with Crippen LogP contribution in [0.2, 0.25) is 0 Å². The monoisotopic (exact) mass is 555 g/mol. The van der Waals surface area contributed by atoms with E-state index in [-0.39, 0.29) is 52.8 Å². The molecule has 8 nitrogen and oxygen atoms in total. The zero-order valence-electron chi connectivity index (χ0n) is 22.1. The molecule has 2 aromatic carbocycles. The van der Waals surface area contributed by atoms with Gasteiger partial charge in [0.15, 0.2) is 17.3 Å². The lowest BCUT2D eigenvalue weighted by Crippen LogP contribution is -2.35. The number of carbonyl (C=O) groups is 1. The molecule has 0 aliphatic carbocycles. The lowest BCUT2D eigenvalue weighted by Gasteiger charge is -2.24. The van der Waals surface area contributed by atoms with Crippen molar-refractivity contribution in [2.45, 2.75) is 39.3 Å². The minimum atomic E-state index is -1.15. The number of aromatic nitrogens is 4. The molecule has 0 spiro atoms. The van der Waals surface area contributed by atoms with E-state index in [1.54, 1.807) is 27.8 Å². The van der Waals surface area contributed by atoms with Crippen LogP contribution in [0.25, 0.3) is 38.7 Å². The average molecular weight is 556 g/mol. The van der Waals surface area contributed by atoms with Crippen molar-refractivity contribution in [1.29, 1.82) is 0 Å². The number of hydrogen-bond acceptors (Lipinski definition) is 5. The van der Waals surface area contributed by atoms with Crippen LogP contribution >= 0.6 is 0 Å². The van der Waals surface area contributed by atoms with E-state index in [0.717, 1.165) is 34.7 Å². The van der Waals surface area contributed by atoms with E-state index >= 15 is 0 Å². The molecule has 0 radical (unpaired) electrons. The predicted octanol–water partition coefficient (Wildman–Crippen LogP) is 5.68. The first kappa shape index (κ1) is 27.1. The minimum absolute atomic E-state index is 0.0434. The van der Waals surface area contributed by atoms with Gasteiger partial charge in [-0.15, -0.1) is 0 Å². The van der Waals surface area contributed by atoms with Crippen molar-refractivity contribution >= 4 is 33.7 Å². The Hall–Kier alpha value is -4.48. The van der Waals surface area contributed by atoms with Gasteiger partial charge in [-0.05, 0) is 44.9 Å². The van der Waals surface area contributed by atoms with Crippen LogP contribution in [0.4, 0.5) is 22.4 Å². The van der Waals surface area contributed by atoms with Gasteiger partial charge in [0, 0.05) is 56.3 Å². The third kappa shape index (κ3) is 4.96. The van der Waals surface area contributed by atoms with Crippen molar-refractivity contribution in [3.8, 4) is 11.1 Å². The first-order valence-electron chi connectivity index (χ1n) is 12.4. The van der Waals surface area contributed by atoms with E-state index < -0.39 is 40.7 Å². The maximum atomic E-state index is 14.2. The zero-order valence-corrected chi connectivity index (χ0v) is 22.1. The Morgan fingerprint density at radius 1 is 1.00 bits per heavy atom. The molecule has 0 atom stereocenters. The van der Waals surface area contributed by atoms with Gasteiger partial charge in [-0.2, -0.15) is 0 Å². The number of rotatable bonds is 5. The molecule has 5 aromatic rings. The molecular weight excluding hydrogens is 530 g/mol. The Labute approximate surface area is 225 Å². The fourth-order valence-corrected chi connectivity index (χ4v) is 4.60. The normalized spacial score (nSPS) is 12.0. The summed E-state index contributed by atoms with van der Waals surface area (Å²) in [7, 11) is 1.56. The number of aryl methyl sites for hydroxylation is 1. The van der Waals surface area contributed by atoms with E-state index in [2.05, 4.69) is 9.97 Å². The molecule has 1 amide bonds. The molecule has 0 unspecified atom stereocenters. The summed E-state index contributed by atoms with van der Waals surface area (Å²) in [4.78, 5) is 36.3. The number of carbonyl (C=O) groups excluding carboxylic acids is 1. The summed E-state index contributed by atoms with van der Waals surface area (Å²) in [5, 5.41) is 0.319. The van der Waals surface area contributed by atoms with E-state index in [1.807, 2.05) is 0 Å². The molecule has 3 aromatic heterocycles.